The summed E-state index contributed by atoms with van der Waals surface area (Å²) in [5, 5.41) is -0.0737. The minimum absolute atomic E-state index is 0.0170. The normalized spacial score (nSPS) is 13.4. The molecular formula is C5H11NOS. The molecule has 0 radical (unpaired) electrons. The molecule has 0 spiro atoms. The highest BCUT2D eigenvalue weighted by Gasteiger charge is 2.05. The molecular weight excluding hydrogens is 122 g/mol. The van der Waals surface area contributed by atoms with Crippen molar-refractivity contribution >= 4 is 17.7 Å². The number of hydrogen-bond donors (Lipinski definition) is 2. The van der Waals surface area contributed by atoms with Crippen molar-refractivity contribution in [3.05, 3.63) is 0 Å². The molecule has 2 N–H and O–H groups in total. The Balaban J connectivity index is 3.32. The number of nitrogens with two attached hydrogens (primary N) is 1. The molecule has 0 aromatic rings. The van der Waals surface area contributed by atoms with E-state index in [9.17, 15) is 4.79 Å². The number of rotatable bonds is 3. The second-order valence-electron chi connectivity index (χ2n) is 1.82. The van der Waals surface area contributed by atoms with Crippen LogP contribution >= 0.6 is 12.6 Å². The van der Waals surface area contributed by atoms with E-state index in [-0.39, 0.29) is 11.0 Å². The number of carbonyl (C=O) groups excluding carboxylic acids is 1. The van der Waals surface area contributed by atoms with E-state index in [1.54, 1.807) is 0 Å². The molecule has 0 amide bonds. The number of carbonyl (C=O) groups is 1. The Morgan fingerprint density at radius 3 is 2.50 bits per heavy atom. The fraction of sp³-hybridized carbons (Fsp3) is 0.800. The van der Waals surface area contributed by atoms with E-state index in [2.05, 4.69) is 12.6 Å². The van der Waals surface area contributed by atoms with Crippen LogP contribution in [-0.2, 0) is 4.79 Å². The van der Waals surface area contributed by atoms with Gasteiger partial charge in [-0.1, -0.05) is 6.92 Å². The SMILES string of the molecule is CC(CCN)C(=O)S. The van der Waals surface area contributed by atoms with Crippen molar-refractivity contribution in [1.82, 2.24) is 0 Å². The van der Waals surface area contributed by atoms with E-state index in [1.807, 2.05) is 6.92 Å². The van der Waals surface area contributed by atoms with Crippen molar-refractivity contribution in [3.63, 3.8) is 0 Å². The summed E-state index contributed by atoms with van der Waals surface area (Å²) in [4.78, 5) is 10.3. The average molecular weight is 133 g/mol. The van der Waals surface area contributed by atoms with Crippen LogP contribution in [-0.4, -0.2) is 11.7 Å². The Morgan fingerprint density at radius 1 is 1.88 bits per heavy atom. The summed E-state index contributed by atoms with van der Waals surface area (Å²) in [6, 6.07) is 0. The zero-order chi connectivity index (χ0) is 6.57. The zero-order valence-electron chi connectivity index (χ0n) is 4.92. The third-order valence-corrected chi connectivity index (χ3v) is 1.46. The second kappa shape index (κ2) is 3.92. The summed E-state index contributed by atoms with van der Waals surface area (Å²) < 4.78 is 0. The van der Waals surface area contributed by atoms with Gasteiger partial charge in [-0.05, 0) is 13.0 Å². The van der Waals surface area contributed by atoms with Crippen LogP contribution in [0.1, 0.15) is 13.3 Å². The van der Waals surface area contributed by atoms with Crippen LogP contribution in [0.3, 0.4) is 0 Å². The molecule has 8 heavy (non-hydrogen) atoms. The highest BCUT2D eigenvalue weighted by Crippen LogP contribution is 2.02. The summed E-state index contributed by atoms with van der Waals surface area (Å²) >= 11 is 3.63. The third-order valence-electron chi connectivity index (χ3n) is 1.02. The Labute approximate surface area is 54.9 Å². The van der Waals surface area contributed by atoms with Gasteiger partial charge in [0.05, 0.1) is 0 Å². The summed E-state index contributed by atoms with van der Waals surface area (Å²) in [6.07, 6.45) is 0.738. The first-order chi connectivity index (χ1) is 3.68. The van der Waals surface area contributed by atoms with Crippen LogP contribution in [0, 0.1) is 5.92 Å². The van der Waals surface area contributed by atoms with Gasteiger partial charge in [0.25, 0.3) is 0 Å². The molecule has 0 bridgehead atoms. The van der Waals surface area contributed by atoms with Gasteiger partial charge < -0.3 is 5.73 Å². The predicted octanol–water partition coefficient (Wildman–Crippen LogP) is 0.428. The van der Waals surface area contributed by atoms with Gasteiger partial charge in [-0.3, -0.25) is 4.79 Å². The van der Waals surface area contributed by atoms with Crippen molar-refractivity contribution in [2.45, 2.75) is 13.3 Å². The Hall–Kier alpha value is -0.0200. The van der Waals surface area contributed by atoms with E-state index in [4.69, 9.17) is 5.73 Å². The monoisotopic (exact) mass is 133 g/mol. The van der Waals surface area contributed by atoms with E-state index in [0.29, 0.717) is 6.54 Å². The van der Waals surface area contributed by atoms with Gasteiger partial charge in [-0.25, -0.2) is 0 Å². The maximum Gasteiger partial charge on any atom is 0.188 e. The molecule has 0 saturated heterocycles. The highest BCUT2D eigenvalue weighted by atomic mass is 32.1. The first-order valence-corrected chi connectivity index (χ1v) is 3.06. The summed E-state index contributed by atoms with van der Waals surface area (Å²) in [6.45, 7) is 2.38. The van der Waals surface area contributed by atoms with Gasteiger partial charge in [0.1, 0.15) is 0 Å². The molecule has 0 rings (SSSR count). The van der Waals surface area contributed by atoms with Crippen LogP contribution in [0.2, 0.25) is 0 Å². The Morgan fingerprint density at radius 2 is 2.38 bits per heavy atom. The molecule has 0 aliphatic heterocycles. The molecule has 1 unspecified atom stereocenters. The van der Waals surface area contributed by atoms with Gasteiger partial charge in [0, 0.05) is 5.92 Å². The zero-order valence-corrected chi connectivity index (χ0v) is 5.82. The van der Waals surface area contributed by atoms with Gasteiger partial charge in [0.2, 0.25) is 0 Å². The maximum absolute atomic E-state index is 10.3. The first kappa shape index (κ1) is 7.98. The Kier molecular flexibility index (Phi) is 3.91. The van der Waals surface area contributed by atoms with Crippen molar-refractivity contribution < 1.29 is 4.79 Å². The topological polar surface area (TPSA) is 43.1 Å². The molecule has 0 fully saturated rings. The fourth-order valence-electron chi connectivity index (χ4n) is 0.373. The summed E-state index contributed by atoms with van der Waals surface area (Å²) in [7, 11) is 0. The van der Waals surface area contributed by atoms with Crippen LogP contribution in [0.15, 0.2) is 0 Å². The molecule has 0 aromatic carbocycles. The van der Waals surface area contributed by atoms with Crippen LogP contribution < -0.4 is 5.73 Å². The van der Waals surface area contributed by atoms with Gasteiger partial charge in [-0.15, -0.1) is 12.6 Å². The largest absolute Gasteiger partial charge is 0.330 e. The van der Waals surface area contributed by atoms with E-state index in [0.717, 1.165) is 6.42 Å². The summed E-state index contributed by atoms with van der Waals surface area (Å²) in [5.74, 6) is 0.0170. The molecule has 48 valence electrons. The van der Waals surface area contributed by atoms with Crippen molar-refractivity contribution in [3.8, 4) is 0 Å². The van der Waals surface area contributed by atoms with Gasteiger partial charge in [-0.2, -0.15) is 0 Å². The Bertz CT molecular complexity index is 84.5. The van der Waals surface area contributed by atoms with Crippen LogP contribution in [0.5, 0.6) is 0 Å². The lowest BCUT2D eigenvalue weighted by molar-refractivity contribution is -0.113. The number of hydrogen-bond acceptors (Lipinski definition) is 2. The number of thiol groups is 1. The quantitative estimate of drug-likeness (QED) is 0.548. The van der Waals surface area contributed by atoms with Gasteiger partial charge >= 0.3 is 0 Å². The fourth-order valence-corrected chi connectivity index (χ4v) is 0.503. The maximum atomic E-state index is 10.3. The minimum Gasteiger partial charge on any atom is -0.330 e. The van der Waals surface area contributed by atoms with E-state index < -0.39 is 0 Å². The van der Waals surface area contributed by atoms with Crippen LogP contribution in [0.4, 0.5) is 0 Å². The average Bonchev–Trinajstić information content (AvgIpc) is 1.67. The predicted molar refractivity (Wildman–Crippen MR) is 36.8 cm³/mol. The molecule has 0 aliphatic rings. The molecule has 3 heteroatoms. The molecule has 2 nitrogen and oxygen atoms in total. The minimum atomic E-state index is -0.0737. The lowest BCUT2D eigenvalue weighted by Gasteiger charge is -2.00. The van der Waals surface area contributed by atoms with Crippen molar-refractivity contribution in [1.29, 1.82) is 0 Å². The van der Waals surface area contributed by atoms with E-state index in [1.165, 1.54) is 0 Å². The summed E-state index contributed by atoms with van der Waals surface area (Å²) in [5.41, 5.74) is 5.18. The molecule has 0 aliphatic carbocycles. The second-order valence-corrected chi connectivity index (χ2v) is 2.26. The molecule has 1 atom stereocenters. The van der Waals surface area contributed by atoms with Crippen molar-refractivity contribution in [2.75, 3.05) is 6.54 Å². The smallest absolute Gasteiger partial charge is 0.188 e. The lowest BCUT2D eigenvalue weighted by Crippen LogP contribution is -2.10. The standard InChI is InChI=1S/C5H11NOS/c1-4(2-3-6)5(7)8/h4H,2-3,6H2,1H3,(H,7,8). The first-order valence-electron chi connectivity index (χ1n) is 2.61. The molecule has 0 aromatic heterocycles. The highest BCUT2D eigenvalue weighted by molar-refractivity contribution is 7.96. The molecule has 0 heterocycles. The molecule has 0 saturated carbocycles. The van der Waals surface area contributed by atoms with Gasteiger partial charge in [0.15, 0.2) is 5.12 Å². The van der Waals surface area contributed by atoms with Crippen molar-refractivity contribution in [2.24, 2.45) is 11.7 Å². The third kappa shape index (κ3) is 3.04. The lowest BCUT2D eigenvalue weighted by atomic mass is 10.1. The van der Waals surface area contributed by atoms with E-state index >= 15 is 0 Å². The van der Waals surface area contributed by atoms with Crippen LogP contribution in [0.25, 0.3) is 0 Å².